The normalized spacial score (nSPS) is 10.0. The third-order valence-corrected chi connectivity index (χ3v) is 2.90. The highest BCUT2D eigenvalue weighted by atomic mass is 16.5. The summed E-state index contributed by atoms with van der Waals surface area (Å²) in [4.78, 5) is 25.1. The number of hydrogen-bond donors (Lipinski definition) is 2. The molecule has 0 aliphatic carbocycles. The van der Waals surface area contributed by atoms with Crippen LogP contribution in [0.3, 0.4) is 0 Å². The van der Waals surface area contributed by atoms with Gasteiger partial charge in [-0.15, -0.1) is 0 Å². The molecule has 1 rings (SSSR count). The van der Waals surface area contributed by atoms with Crippen LogP contribution < -0.4 is 16.0 Å². The topological polar surface area (TPSA) is 84.7 Å². The van der Waals surface area contributed by atoms with Gasteiger partial charge in [-0.1, -0.05) is 6.92 Å². The fraction of sp³-hybridized carbons (Fsp3) is 0.467. The first kappa shape index (κ1) is 16.8. The number of rotatable bonds is 7. The smallest absolute Gasteiger partial charge is 0.338 e. The SMILES string of the molecule is CCCNC(=O)CN(C)c1ccc(C(=O)OCC)cc1N. The summed E-state index contributed by atoms with van der Waals surface area (Å²) in [6, 6.07) is 4.92. The zero-order valence-electron chi connectivity index (χ0n) is 12.8. The minimum absolute atomic E-state index is 0.0618. The first-order chi connectivity index (χ1) is 9.99. The number of nitrogens with two attached hydrogens (primary N) is 1. The van der Waals surface area contributed by atoms with E-state index in [0.29, 0.717) is 30.1 Å². The van der Waals surface area contributed by atoms with Crippen LogP contribution >= 0.6 is 0 Å². The van der Waals surface area contributed by atoms with Gasteiger partial charge in [0.15, 0.2) is 0 Å². The molecule has 1 amide bonds. The molecule has 0 spiro atoms. The van der Waals surface area contributed by atoms with Crippen LogP contribution in [-0.4, -0.2) is 38.6 Å². The largest absolute Gasteiger partial charge is 0.462 e. The van der Waals surface area contributed by atoms with Crippen LogP contribution in [0.2, 0.25) is 0 Å². The molecular formula is C15H23N3O3. The average molecular weight is 293 g/mol. The molecule has 0 radical (unpaired) electrons. The van der Waals surface area contributed by atoms with Crippen molar-refractivity contribution < 1.29 is 14.3 Å². The lowest BCUT2D eigenvalue weighted by Crippen LogP contribution is -2.35. The lowest BCUT2D eigenvalue weighted by atomic mass is 10.1. The Morgan fingerprint density at radius 2 is 2.05 bits per heavy atom. The molecule has 0 saturated heterocycles. The van der Waals surface area contributed by atoms with Crippen molar-refractivity contribution in [2.75, 3.05) is 37.4 Å². The maximum Gasteiger partial charge on any atom is 0.338 e. The predicted molar refractivity (Wildman–Crippen MR) is 83.4 cm³/mol. The molecule has 0 heterocycles. The average Bonchev–Trinajstić information content (AvgIpc) is 2.45. The monoisotopic (exact) mass is 293 g/mol. The highest BCUT2D eigenvalue weighted by molar-refractivity contribution is 5.92. The molecule has 0 aliphatic rings. The molecule has 21 heavy (non-hydrogen) atoms. The summed E-state index contributed by atoms with van der Waals surface area (Å²) in [5, 5.41) is 2.80. The Morgan fingerprint density at radius 1 is 1.33 bits per heavy atom. The molecule has 0 atom stereocenters. The molecule has 0 aliphatic heterocycles. The van der Waals surface area contributed by atoms with Crippen molar-refractivity contribution in [2.45, 2.75) is 20.3 Å². The summed E-state index contributed by atoms with van der Waals surface area (Å²) in [5.74, 6) is -0.465. The maximum atomic E-state index is 11.7. The van der Waals surface area contributed by atoms with Gasteiger partial charge in [0.25, 0.3) is 0 Å². The molecule has 0 unspecified atom stereocenters. The van der Waals surface area contributed by atoms with Crippen molar-refractivity contribution in [3.05, 3.63) is 23.8 Å². The predicted octanol–water partition coefficient (Wildman–Crippen LogP) is 1.41. The van der Waals surface area contributed by atoms with Gasteiger partial charge in [-0.25, -0.2) is 4.79 Å². The van der Waals surface area contributed by atoms with Gasteiger partial charge < -0.3 is 20.7 Å². The first-order valence-electron chi connectivity index (χ1n) is 7.04. The van der Waals surface area contributed by atoms with Crippen molar-refractivity contribution in [3.8, 4) is 0 Å². The van der Waals surface area contributed by atoms with Gasteiger partial charge in [0, 0.05) is 13.6 Å². The number of anilines is 2. The summed E-state index contributed by atoms with van der Waals surface area (Å²) in [7, 11) is 1.78. The quantitative estimate of drug-likeness (QED) is 0.586. The lowest BCUT2D eigenvalue weighted by molar-refractivity contribution is -0.119. The van der Waals surface area contributed by atoms with E-state index in [0.717, 1.165) is 6.42 Å². The van der Waals surface area contributed by atoms with Crippen LogP contribution in [0, 0.1) is 0 Å². The highest BCUT2D eigenvalue weighted by Crippen LogP contribution is 2.23. The van der Waals surface area contributed by atoms with Gasteiger partial charge in [0.05, 0.1) is 30.1 Å². The molecule has 1 aromatic carbocycles. The summed E-state index contributed by atoms with van der Waals surface area (Å²) in [5.41, 5.74) is 7.50. The van der Waals surface area contributed by atoms with Gasteiger partial charge in [0.2, 0.25) is 5.91 Å². The molecule has 0 aromatic heterocycles. The number of benzene rings is 1. The standard InChI is InChI=1S/C15H23N3O3/c1-4-8-17-14(19)10-18(3)13-7-6-11(9-12(13)16)15(20)21-5-2/h6-7,9H,4-5,8,10,16H2,1-3H3,(H,17,19). The third kappa shape index (κ3) is 4.98. The van der Waals surface area contributed by atoms with Crippen LogP contribution in [0.5, 0.6) is 0 Å². The highest BCUT2D eigenvalue weighted by Gasteiger charge is 2.13. The molecule has 0 bridgehead atoms. The fourth-order valence-electron chi connectivity index (χ4n) is 1.86. The number of nitrogens with zero attached hydrogens (tertiary/aromatic N) is 1. The summed E-state index contributed by atoms with van der Waals surface area (Å²) < 4.78 is 4.92. The number of likely N-dealkylation sites (N-methyl/N-ethyl adjacent to an activating group) is 1. The van der Waals surface area contributed by atoms with Crippen LogP contribution in [0.25, 0.3) is 0 Å². The molecule has 3 N–H and O–H groups in total. The van der Waals surface area contributed by atoms with Crippen molar-refractivity contribution in [1.29, 1.82) is 0 Å². The van der Waals surface area contributed by atoms with Gasteiger partial charge in [-0.3, -0.25) is 4.79 Å². The lowest BCUT2D eigenvalue weighted by Gasteiger charge is -2.21. The first-order valence-corrected chi connectivity index (χ1v) is 7.04. The minimum atomic E-state index is -0.404. The van der Waals surface area contributed by atoms with Crippen molar-refractivity contribution >= 4 is 23.3 Å². The van der Waals surface area contributed by atoms with Crippen LogP contribution in [0.1, 0.15) is 30.6 Å². The second-order valence-electron chi connectivity index (χ2n) is 4.70. The van der Waals surface area contributed by atoms with E-state index in [-0.39, 0.29) is 12.5 Å². The summed E-state index contributed by atoms with van der Waals surface area (Å²) in [6.07, 6.45) is 0.895. The fourth-order valence-corrected chi connectivity index (χ4v) is 1.86. The van der Waals surface area contributed by atoms with E-state index < -0.39 is 5.97 Å². The molecular weight excluding hydrogens is 270 g/mol. The molecule has 116 valence electrons. The van der Waals surface area contributed by atoms with E-state index in [9.17, 15) is 9.59 Å². The summed E-state index contributed by atoms with van der Waals surface area (Å²) >= 11 is 0. The molecule has 6 heteroatoms. The van der Waals surface area contributed by atoms with Gasteiger partial charge in [-0.2, -0.15) is 0 Å². The van der Waals surface area contributed by atoms with E-state index in [4.69, 9.17) is 10.5 Å². The Labute approximate surface area is 125 Å². The molecule has 0 saturated carbocycles. The third-order valence-electron chi connectivity index (χ3n) is 2.90. The second kappa shape index (κ2) is 8.14. The van der Waals surface area contributed by atoms with Crippen LogP contribution in [0.15, 0.2) is 18.2 Å². The molecule has 0 fully saturated rings. The zero-order chi connectivity index (χ0) is 15.8. The Morgan fingerprint density at radius 3 is 2.62 bits per heavy atom. The number of nitrogen functional groups attached to an aromatic ring is 1. The number of ether oxygens (including phenoxy) is 1. The van der Waals surface area contributed by atoms with E-state index >= 15 is 0 Å². The molecule has 6 nitrogen and oxygen atoms in total. The van der Waals surface area contributed by atoms with E-state index in [2.05, 4.69) is 5.32 Å². The minimum Gasteiger partial charge on any atom is -0.462 e. The van der Waals surface area contributed by atoms with E-state index in [1.807, 2.05) is 6.92 Å². The van der Waals surface area contributed by atoms with Crippen molar-refractivity contribution in [3.63, 3.8) is 0 Å². The van der Waals surface area contributed by atoms with Gasteiger partial charge >= 0.3 is 5.97 Å². The number of esters is 1. The Bertz CT molecular complexity index is 503. The zero-order valence-corrected chi connectivity index (χ0v) is 12.8. The van der Waals surface area contributed by atoms with E-state index in [1.165, 1.54) is 0 Å². The Hall–Kier alpha value is -2.24. The summed E-state index contributed by atoms with van der Waals surface area (Å²) in [6.45, 7) is 4.93. The Balaban J connectivity index is 2.75. The van der Waals surface area contributed by atoms with Gasteiger partial charge in [-0.05, 0) is 31.5 Å². The van der Waals surface area contributed by atoms with E-state index in [1.54, 1.807) is 37.1 Å². The van der Waals surface area contributed by atoms with Crippen LogP contribution in [-0.2, 0) is 9.53 Å². The molecule has 1 aromatic rings. The number of nitrogens with one attached hydrogen (secondary N) is 1. The van der Waals surface area contributed by atoms with Gasteiger partial charge in [0.1, 0.15) is 0 Å². The Kier molecular flexibility index (Phi) is 6.52. The number of amides is 1. The number of hydrogen-bond acceptors (Lipinski definition) is 5. The van der Waals surface area contributed by atoms with Crippen LogP contribution in [0.4, 0.5) is 11.4 Å². The van der Waals surface area contributed by atoms with Crippen molar-refractivity contribution in [1.82, 2.24) is 5.32 Å². The number of carbonyl (C=O) groups is 2. The maximum absolute atomic E-state index is 11.7. The second-order valence-corrected chi connectivity index (χ2v) is 4.70. The van der Waals surface area contributed by atoms with Crippen molar-refractivity contribution in [2.24, 2.45) is 0 Å². The number of carbonyl (C=O) groups excluding carboxylic acids is 2.